The molecule has 0 saturated carbocycles. The zero-order valence-electron chi connectivity index (χ0n) is 3.30. The largest absolute Gasteiger partial charge is 0.330 e. The van der Waals surface area contributed by atoms with Gasteiger partial charge in [-0.3, -0.25) is 0 Å². The van der Waals surface area contributed by atoms with Gasteiger partial charge in [0.2, 0.25) is 0 Å². The van der Waals surface area contributed by atoms with Crippen molar-refractivity contribution in [2.24, 2.45) is 0 Å². The Morgan fingerprint density at radius 1 is 1.60 bits per heavy atom. The lowest BCUT2D eigenvalue weighted by Gasteiger charge is -1.36. The van der Waals surface area contributed by atoms with Crippen molar-refractivity contribution in [3.05, 3.63) is 0 Å². The van der Waals surface area contributed by atoms with E-state index in [0.717, 1.165) is 0 Å². The molecule has 0 aromatic rings. The number of rotatable bonds is 0. The quantitative estimate of drug-likeness (QED) is 0.451. The van der Waals surface area contributed by atoms with E-state index >= 15 is 0 Å². The van der Waals surface area contributed by atoms with E-state index in [1.165, 1.54) is 0 Å². The van der Waals surface area contributed by atoms with Gasteiger partial charge in [0.25, 0.3) is 0 Å². The van der Waals surface area contributed by atoms with Gasteiger partial charge >= 0.3 is 0 Å². The molecule has 5 heavy (non-hydrogen) atoms. The molecule has 0 aromatic carbocycles. The van der Waals surface area contributed by atoms with E-state index in [1.807, 2.05) is 13.8 Å². The van der Waals surface area contributed by atoms with Crippen LogP contribution in [0.25, 0.3) is 0 Å². The first-order valence-electron chi connectivity index (χ1n) is 1.38. The van der Waals surface area contributed by atoms with E-state index in [1.54, 1.807) is 0 Å². The topological polar surface area (TPSA) is 20.2 Å². The molecule has 0 amide bonds. The molecule has 0 aliphatic carbocycles. The van der Waals surface area contributed by atoms with Crippen LogP contribution in [0.4, 0.5) is 0 Å². The van der Waals surface area contributed by atoms with Gasteiger partial charge < -0.3 is 4.55 Å². The van der Waals surface area contributed by atoms with Crippen LogP contribution in [0.3, 0.4) is 0 Å². The van der Waals surface area contributed by atoms with Gasteiger partial charge in [-0.15, -0.1) is 0 Å². The molecule has 0 heterocycles. The molecule has 0 bridgehead atoms. The Balaban J connectivity index is 0. The summed E-state index contributed by atoms with van der Waals surface area (Å²) < 4.78 is 7.36. The van der Waals surface area contributed by atoms with Crippen LogP contribution in [0.5, 0.6) is 0 Å². The third-order valence-electron chi connectivity index (χ3n) is 0. The van der Waals surface area contributed by atoms with Gasteiger partial charge in [0.1, 0.15) is 0 Å². The predicted molar refractivity (Wildman–Crippen MR) is 30.1 cm³/mol. The smallest absolute Gasteiger partial charge is 0.0106 e. The van der Waals surface area contributed by atoms with Gasteiger partial charge in [0.15, 0.2) is 0 Å². The van der Waals surface area contributed by atoms with Crippen LogP contribution in [-0.2, 0) is 21.8 Å². The van der Waals surface area contributed by atoms with E-state index in [0.29, 0.717) is 0 Å². The predicted octanol–water partition coefficient (Wildman–Crippen LogP) is 0.762. The fourth-order valence-electron chi connectivity index (χ4n) is 0. The molecule has 34 valence electrons. The molecule has 0 unspecified atom stereocenters. The van der Waals surface area contributed by atoms with Gasteiger partial charge in [-0.2, -0.15) is 0 Å². The maximum atomic E-state index is 7.36. The molecule has 0 saturated heterocycles. The molecule has 0 radical (unpaired) electrons. The first kappa shape index (κ1) is 9.11. The third-order valence-corrected chi connectivity index (χ3v) is 0. The van der Waals surface area contributed by atoms with Crippen molar-refractivity contribution in [2.75, 3.05) is 0 Å². The van der Waals surface area contributed by atoms with Crippen molar-refractivity contribution in [1.82, 2.24) is 0 Å². The third kappa shape index (κ3) is 103. The monoisotopic (exact) mass is 112 g/mol. The van der Waals surface area contributed by atoms with Crippen LogP contribution in [-0.4, -0.2) is 4.55 Å². The average molecular weight is 112 g/mol. The standard InChI is InChI=1S/C2H6.H2OS2/c1-2;1-3-2/h1-2H3;3H,(H,1,2). The van der Waals surface area contributed by atoms with Gasteiger partial charge in [0, 0.05) is 0 Å². The van der Waals surface area contributed by atoms with Crippen molar-refractivity contribution in [2.45, 2.75) is 13.8 Å². The fourth-order valence-corrected chi connectivity index (χ4v) is 0. The molecule has 0 aliphatic rings. The van der Waals surface area contributed by atoms with Crippen LogP contribution in [0.2, 0.25) is 0 Å². The molecular weight excluding hydrogens is 104 g/mol. The van der Waals surface area contributed by atoms with Gasteiger partial charge in [-0.1, -0.05) is 13.8 Å². The average Bonchev–Trinajstić information content (AvgIpc) is 1.46. The van der Waals surface area contributed by atoms with Crippen molar-refractivity contribution >= 4 is 21.8 Å². The summed E-state index contributed by atoms with van der Waals surface area (Å²) in [6.07, 6.45) is 0. The highest BCUT2D eigenvalue weighted by atomic mass is 32.8. The summed E-state index contributed by atoms with van der Waals surface area (Å²) in [5.41, 5.74) is 0. The minimum Gasteiger partial charge on any atom is -0.330 e. The zero-order valence-corrected chi connectivity index (χ0v) is 5.01. The SMILES string of the molecule is CC.O[SH]=S. The van der Waals surface area contributed by atoms with Gasteiger partial charge in [-0.25, -0.2) is 0 Å². The summed E-state index contributed by atoms with van der Waals surface area (Å²) in [6, 6.07) is 0. The molecule has 0 spiro atoms. The molecule has 0 atom stereocenters. The van der Waals surface area contributed by atoms with Crippen LogP contribution in [0.15, 0.2) is 0 Å². The number of thiol groups is 1. The first-order chi connectivity index (χ1) is 2.41. The van der Waals surface area contributed by atoms with Gasteiger partial charge in [0.05, 0.1) is 0 Å². The van der Waals surface area contributed by atoms with Crippen LogP contribution in [0.1, 0.15) is 13.8 Å². The molecular formula is C2H8OS2. The van der Waals surface area contributed by atoms with E-state index in [9.17, 15) is 0 Å². The van der Waals surface area contributed by atoms with Crippen LogP contribution in [0, 0.1) is 0 Å². The second kappa shape index (κ2) is 24.1. The lowest BCUT2D eigenvalue weighted by Crippen LogP contribution is -1.33. The Hall–Kier alpha value is 0.530. The summed E-state index contributed by atoms with van der Waals surface area (Å²) in [6.45, 7) is 4.00. The maximum absolute atomic E-state index is 7.36. The maximum Gasteiger partial charge on any atom is -0.0106 e. The molecule has 0 fully saturated rings. The van der Waals surface area contributed by atoms with Crippen LogP contribution >= 0.6 is 0 Å². The van der Waals surface area contributed by atoms with Crippen LogP contribution < -0.4 is 0 Å². The van der Waals surface area contributed by atoms with E-state index in [2.05, 4.69) is 11.2 Å². The highest BCUT2D eigenvalue weighted by Crippen LogP contribution is 1.14. The molecule has 3 heteroatoms. The van der Waals surface area contributed by atoms with E-state index in [4.69, 9.17) is 4.55 Å². The Morgan fingerprint density at radius 3 is 1.60 bits per heavy atom. The highest BCUT2D eigenvalue weighted by molar-refractivity contribution is 8.14. The molecule has 0 aliphatic heterocycles. The van der Waals surface area contributed by atoms with Crippen molar-refractivity contribution < 1.29 is 4.55 Å². The minimum absolute atomic E-state index is 0. The normalized spacial score (nSPS) is 4.60. The summed E-state index contributed by atoms with van der Waals surface area (Å²) in [4.78, 5) is 0. The van der Waals surface area contributed by atoms with E-state index in [-0.39, 0.29) is 10.6 Å². The Labute approximate surface area is 40.8 Å². The Kier molecular flexibility index (Phi) is 43.9. The van der Waals surface area contributed by atoms with Crippen molar-refractivity contribution in [1.29, 1.82) is 0 Å². The molecule has 0 rings (SSSR count). The zero-order chi connectivity index (χ0) is 4.71. The second-order valence-corrected chi connectivity index (χ2v) is 0.735. The summed E-state index contributed by atoms with van der Waals surface area (Å²) in [5, 5.41) is 0. The Morgan fingerprint density at radius 2 is 1.60 bits per heavy atom. The second-order valence-electron chi connectivity index (χ2n) is 0.0816. The van der Waals surface area contributed by atoms with Crippen molar-refractivity contribution in [3.63, 3.8) is 0 Å². The first-order valence-corrected chi connectivity index (χ1v) is 3.24. The molecule has 1 N–H and O–H groups in total. The summed E-state index contributed by atoms with van der Waals surface area (Å²) in [7, 11) is 0. The lowest BCUT2D eigenvalue weighted by atomic mass is 11.0. The van der Waals surface area contributed by atoms with Crippen molar-refractivity contribution in [3.8, 4) is 0 Å². The number of hydrogen-bond donors (Lipinski definition) is 2. The molecule has 0 aromatic heterocycles. The number of hydrogen-bond acceptors (Lipinski definition) is 1. The summed E-state index contributed by atoms with van der Waals surface area (Å²) in [5.74, 6) is 0. The Bertz CT molecular complexity index is 15.1. The van der Waals surface area contributed by atoms with Gasteiger partial charge in [-0.05, 0) is 21.8 Å². The minimum atomic E-state index is 0. The fraction of sp³-hybridized carbons (Fsp3) is 1.00. The summed E-state index contributed by atoms with van der Waals surface area (Å²) >= 11 is 3.92. The highest BCUT2D eigenvalue weighted by Gasteiger charge is 1.12. The van der Waals surface area contributed by atoms with E-state index < -0.39 is 0 Å². The lowest BCUT2D eigenvalue weighted by molar-refractivity contribution is 0.673. The molecule has 1 nitrogen and oxygen atoms in total.